The van der Waals surface area contributed by atoms with Crippen molar-refractivity contribution in [3.63, 3.8) is 0 Å². The van der Waals surface area contributed by atoms with E-state index in [4.69, 9.17) is 27.9 Å². The van der Waals surface area contributed by atoms with Gasteiger partial charge in [0.15, 0.2) is 0 Å². The average molecular weight is 452 g/mol. The fourth-order valence-corrected chi connectivity index (χ4v) is 3.39. The van der Waals surface area contributed by atoms with Crippen molar-refractivity contribution in [2.24, 2.45) is 5.92 Å². The monoisotopic (exact) mass is 451 g/mol. The number of phenolic OH excluding ortho intramolecular Hbond substituents is 1. The van der Waals surface area contributed by atoms with Crippen LogP contribution < -0.4 is 5.32 Å². The van der Waals surface area contributed by atoms with Gasteiger partial charge in [-0.05, 0) is 44.5 Å². The van der Waals surface area contributed by atoms with Crippen molar-refractivity contribution < 1.29 is 19.4 Å². The van der Waals surface area contributed by atoms with E-state index >= 15 is 0 Å². The third-order valence-electron chi connectivity index (χ3n) is 4.61. The normalized spacial score (nSPS) is 15.3. The molecular weight excluding hydrogens is 429 g/mol. The number of carbonyl (C=O) groups excluding carboxylic acids is 2. The molecule has 1 aromatic heterocycles. The maximum Gasteiger partial charge on any atom is 0.410 e. The van der Waals surface area contributed by atoms with Crippen molar-refractivity contribution >= 4 is 35.2 Å². The van der Waals surface area contributed by atoms with Crippen molar-refractivity contribution in [2.75, 3.05) is 13.1 Å². The smallest absolute Gasteiger partial charge is 0.410 e. The summed E-state index contributed by atoms with van der Waals surface area (Å²) in [7, 11) is 0. The van der Waals surface area contributed by atoms with Crippen LogP contribution in [-0.4, -0.2) is 45.7 Å². The summed E-state index contributed by atoms with van der Waals surface area (Å²) >= 11 is 12.1. The number of aromatic hydroxyl groups is 1. The lowest BCUT2D eigenvalue weighted by molar-refractivity contribution is -0.130. The minimum atomic E-state index is -0.661. The van der Waals surface area contributed by atoms with Gasteiger partial charge in [-0.1, -0.05) is 23.2 Å². The SMILES string of the molecule is CC(C)(C)OC(=O)N1CC(C(=O)NC(c2ccncc2)c2cc(Cl)c(Cl)cc2O)C1. The molecule has 0 bridgehead atoms. The van der Waals surface area contributed by atoms with Gasteiger partial charge in [-0.3, -0.25) is 9.78 Å². The minimum absolute atomic E-state index is 0.0875. The Hall–Kier alpha value is -2.51. The van der Waals surface area contributed by atoms with E-state index in [9.17, 15) is 14.7 Å². The van der Waals surface area contributed by atoms with Crippen LogP contribution in [0.4, 0.5) is 4.79 Å². The van der Waals surface area contributed by atoms with Crippen molar-refractivity contribution in [3.05, 3.63) is 57.8 Å². The van der Waals surface area contributed by atoms with E-state index in [0.717, 1.165) is 5.56 Å². The molecule has 1 aliphatic heterocycles. The fraction of sp³-hybridized carbons (Fsp3) is 0.381. The first-order chi connectivity index (χ1) is 14.0. The highest BCUT2D eigenvalue weighted by atomic mass is 35.5. The third-order valence-corrected chi connectivity index (χ3v) is 5.33. The highest BCUT2D eigenvalue weighted by Gasteiger charge is 2.39. The van der Waals surface area contributed by atoms with E-state index in [2.05, 4.69) is 10.3 Å². The Bertz CT molecular complexity index is 941. The topological polar surface area (TPSA) is 91.8 Å². The Labute approximate surface area is 184 Å². The lowest BCUT2D eigenvalue weighted by Crippen LogP contribution is -2.57. The number of pyridine rings is 1. The largest absolute Gasteiger partial charge is 0.508 e. The Kier molecular flexibility index (Phi) is 6.43. The molecule has 1 saturated heterocycles. The lowest BCUT2D eigenvalue weighted by Gasteiger charge is -2.39. The molecule has 2 N–H and O–H groups in total. The summed E-state index contributed by atoms with van der Waals surface area (Å²) in [6.07, 6.45) is 2.74. The van der Waals surface area contributed by atoms with E-state index in [1.54, 1.807) is 45.3 Å². The number of benzene rings is 1. The third kappa shape index (κ3) is 5.15. The number of nitrogens with zero attached hydrogens (tertiary/aromatic N) is 2. The molecule has 1 aliphatic rings. The molecule has 2 aromatic rings. The van der Waals surface area contributed by atoms with Gasteiger partial charge in [0, 0.05) is 37.1 Å². The molecule has 2 amide bonds. The fourth-order valence-electron chi connectivity index (χ4n) is 3.06. The van der Waals surface area contributed by atoms with Crippen molar-refractivity contribution in [2.45, 2.75) is 32.4 Å². The van der Waals surface area contributed by atoms with Gasteiger partial charge in [0.25, 0.3) is 0 Å². The van der Waals surface area contributed by atoms with Gasteiger partial charge < -0.3 is 20.1 Å². The summed E-state index contributed by atoms with van der Waals surface area (Å²) in [6.45, 7) is 5.89. The summed E-state index contributed by atoms with van der Waals surface area (Å²) in [6, 6.07) is 5.68. The average Bonchev–Trinajstić information content (AvgIpc) is 2.61. The standard InChI is InChI=1S/C21H23Cl2N3O4/c1-21(2,3)30-20(29)26-10-13(11-26)19(28)25-18(12-4-6-24-7-5-12)14-8-15(22)16(23)9-17(14)27/h4-9,13,18,27H,10-11H2,1-3H3,(H,25,28). The number of phenols is 1. The molecule has 0 aliphatic carbocycles. The predicted molar refractivity (Wildman–Crippen MR) is 114 cm³/mol. The van der Waals surface area contributed by atoms with Gasteiger partial charge in [-0.2, -0.15) is 0 Å². The summed E-state index contributed by atoms with van der Waals surface area (Å²) in [5.41, 5.74) is 0.532. The van der Waals surface area contributed by atoms with Crippen LogP contribution in [0.2, 0.25) is 10.0 Å². The quantitative estimate of drug-likeness (QED) is 0.727. The van der Waals surface area contributed by atoms with E-state index in [1.807, 2.05) is 0 Å². The number of aromatic nitrogens is 1. The van der Waals surface area contributed by atoms with Crippen LogP contribution in [0.25, 0.3) is 0 Å². The highest BCUT2D eigenvalue weighted by molar-refractivity contribution is 6.42. The number of halogens is 2. The van der Waals surface area contributed by atoms with Gasteiger partial charge in [0.05, 0.1) is 22.0 Å². The number of nitrogens with one attached hydrogen (secondary N) is 1. The van der Waals surface area contributed by atoms with Gasteiger partial charge in [0.1, 0.15) is 11.4 Å². The lowest BCUT2D eigenvalue weighted by atomic mass is 9.95. The second-order valence-electron chi connectivity index (χ2n) is 8.13. The first-order valence-electron chi connectivity index (χ1n) is 9.41. The molecular formula is C21H23Cl2N3O4. The van der Waals surface area contributed by atoms with Crippen LogP contribution in [0.5, 0.6) is 5.75 Å². The number of carbonyl (C=O) groups is 2. The predicted octanol–water partition coefficient (Wildman–Crippen LogP) is 4.17. The number of rotatable bonds is 4. The van der Waals surface area contributed by atoms with E-state index in [-0.39, 0.29) is 40.7 Å². The van der Waals surface area contributed by atoms with Crippen molar-refractivity contribution in [3.8, 4) is 5.75 Å². The molecule has 0 spiro atoms. The van der Waals surface area contributed by atoms with Crippen LogP contribution in [-0.2, 0) is 9.53 Å². The van der Waals surface area contributed by atoms with Crippen LogP contribution in [0.1, 0.15) is 37.9 Å². The highest BCUT2D eigenvalue weighted by Crippen LogP contribution is 2.36. The van der Waals surface area contributed by atoms with Crippen molar-refractivity contribution in [1.82, 2.24) is 15.2 Å². The first-order valence-corrected chi connectivity index (χ1v) is 10.2. The second-order valence-corrected chi connectivity index (χ2v) is 8.94. The zero-order chi connectivity index (χ0) is 22.1. The number of ether oxygens (including phenoxy) is 1. The molecule has 1 unspecified atom stereocenters. The van der Waals surface area contributed by atoms with Gasteiger partial charge in [-0.15, -0.1) is 0 Å². The number of amides is 2. The molecule has 1 aromatic carbocycles. The Morgan fingerprint density at radius 2 is 1.80 bits per heavy atom. The number of hydrogen-bond acceptors (Lipinski definition) is 5. The molecule has 7 nitrogen and oxygen atoms in total. The zero-order valence-electron chi connectivity index (χ0n) is 16.9. The summed E-state index contributed by atoms with van der Waals surface area (Å²) in [5, 5.41) is 13.8. The van der Waals surface area contributed by atoms with Crippen molar-refractivity contribution in [1.29, 1.82) is 0 Å². The van der Waals surface area contributed by atoms with Gasteiger partial charge in [-0.25, -0.2) is 4.79 Å². The molecule has 9 heteroatoms. The van der Waals surface area contributed by atoms with Crippen LogP contribution >= 0.6 is 23.2 Å². The first kappa shape index (κ1) is 22.2. The summed E-state index contributed by atoms with van der Waals surface area (Å²) < 4.78 is 5.32. The molecule has 0 saturated carbocycles. The molecule has 2 heterocycles. The molecule has 160 valence electrons. The summed E-state index contributed by atoms with van der Waals surface area (Å²) in [4.78, 5) is 30.4. The number of hydrogen-bond donors (Lipinski definition) is 2. The Morgan fingerprint density at radius 1 is 1.20 bits per heavy atom. The van der Waals surface area contributed by atoms with Gasteiger partial charge >= 0.3 is 6.09 Å². The van der Waals surface area contributed by atoms with E-state index in [0.29, 0.717) is 5.56 Å². The van der Waals surface area contributed by atoms with Crippen LogP contribution in [0, 0.1) is 5.92 Å². The maximum atomic E-state index is 12.9. The number of likely N-dealkylation sites (tertiary alicyclic amines) is 1. The molecule has 3 rings (SSSR count). The van der Waals surface area contributed by atoms with Crippen LogP contribution in [0.3, 0.4) is 0 Å². The maximum absolute atomic E-state index is 12.9. The summed E-state index contributed by atoms with van der Waals surface area (Å²) in [5.74, 6) is -0.718. The molecule has 0 radical (unpaired) electrons. The van der Waals surface area contributed by atoms with Gasteiger partial charge in [0.2, 0.25) is 5.91 Å². The van der Waals surface area contributed by atoms with E-state index in [1.165, 1.54) is 17.0 Å². The molecule has 1 fully saturated rings. The van der Waals surface area contributed by atoms with E-state index < -0.39 is 17.7 Å². The van der Waals surface area contributed by atoms with Crippen LogP contribution in [0.15, 0.2) is 36.7 Å². The second kappa shape index (κ2) is 8.70. The molecule has 1 atom stereocenters. The zero-order valence-corrected chi connectivity index (χ0v) is 18.4. The Balaban J connectivity index is 1.75. The minimum Gasteiger partial charge on any atom is -0.508 e. The Morgan fingerprint density at radius 3 is 2.40 bits per heavy atom. The molecule has 30 heavy (non-hydrogen) atoms.